The van der Waals surface area contributed by atoms with Crippen molar-refractivity contribution < 1.29 is 14.7 Å². The van der Waals surface area contributed by atoms with E-state index >= 15 is 0 Å². The Morgan fingerprint density at radius 1 is 0.941 bits per heavy atom. The van der Waals surface area contributed by atoms with Crippen LogP contribution in [0.2, 0.25) is 0 Å². The van der Waals surface area contributed by atoms with E-state index in [0.717, 1.165) is 38.5 Å². The number of hydrogen-bond donors (Lipinski definition) is 1. The minimum Gasteiger partial charge on any atom is -0.481 e. The van der Waals surface area contributed by atoms with Crippen molar-refractivity contribution in [2.75, 3.05) is 0 Å². The summed E-state index contributed by atoms with van der Waals surface area (Å²) in [7, 11) is 0. The van der Waals surface area contributed by atoms with Gasteiger partial charge >= 0.3 is 5.97 Å². The van der Waals surface area contributed by atoms with Gasteiger partial charge in [-0.15, -0.1) is 0 Å². The van der Waals surface area contributed by atoms with Gasteiger partial charge in [-0.3, -0.25) is 9.59 Å². The minimum atomic E-state index is -0.678. The van der Waals surface area contributed by atoms with Crippen molar-refractivity contribution in [1.82, 2.24) is 0 Å². The first-order valence-electron chi connectivity index (χ1n) is 6.76. The third-order valence-electron chi connectivity index (χ3n) is 3.51. The Kier molecular flexibility index (Phi) is 8.73. The first kappa shape index (κ1) is 16.1. The fourth-order valence-electron chi connectivity index (χ4n) is 2.16. The fraction of sp³-hybridized carbons (Fsp3) is 0.857. The molecule has 0 aromatic rings. The molecule has 3 nitrogen and oxygen atoms in total. The molecule has 0 saturated carbocycles. The average molecular weight is 242 g/mol. The maximum absolute atomic E-state index is 11.2. The monoisotopic (exact) mass is 242 g/mol. The van der Waals surface area contributed by atoms with Crippen LogP contribution in [-0.4, -0.2) is 16.9 Å². The molecule has 0 fully saturated rings. The van der Waals surface area contributed by atoms with Crippen LogP contribution in [0.1, 0.15) is 65.7 Å². The van der Waals surface area contributed by atoms with Crippen LogP contribution in [0.5, 0.6) is 0 Å². The highest BCUT2D eigenvalue weighted by Gasteiger charge is 2.14. The third kappa shape index (κ3) is 7.14. The predicted octanol–water partition coefficient (Wildman–Crippen LogP) is 3.66. The van der Waals surface area contributed by atoms with Crippen LogP contribution >= 0.6 is 0 Å². The highest BCUT2D eigenvalue weighted by atomic mass is 16.4. The molecule has 1 N–H and O–H groups in total. The molecule has 2 unspecified atom stereocenters. The zero-order valence-corrected chi connectivity index (χ0v) is 11.4. The van der Waals surface area contributed by atoms with Gasteiger partial charge in [0.25, 0.3) is 0 Å². The normalized spacial score (nSPS) is 14.3. The molecule has 0 aromatic heterocycles. The van der Waals surface area contributed by atoms with Crippen LogP contribution in [0.3, 0.4) is 0 Å². The number of carbonyl (C=O) groups is 2. The lowest BCUT2D eigenvalue weighted by molar-refractivity contribution is -0.142. The number of carboxylic acids is 1. The Morgan fingerprint density at radius 2 is 1.41 bits per heavy atom. The second-order valence-corrected chi connectivity index (χ2v) is 4.80. The predicted molar refractivity (Wildman–Crippen MR) is 69.0 cm³/mol. The van der Waals surface area contributed by atoms with Gasteiger partial charge in [0, 0.05) is 5.92 Å². The van der Waals surface area contributed by atoms with E-state index in [1.807, 2.05) is 13.8 Å². The molecule has 2 atom stereocenters. The lowest BCUT2D eigenvalue weighted by Gasteiger charge is -2.12. The lowest BCUT2D eigenvalue weighted by atomic mass is 9.93. The summed E-state index contributed by atoms with van der Waals surface area (Å²) in [4.78, 5) is 22.0. The van der Waals surface area contributed by atoms with Gasteiger partial charge in [-0.2, -0.15) is 0 Å². The summed E-state index contributed by atoms with van der Waals surface area (Å²) >= 11 is 0. The van der Waals surface area contributed by atoms with E-state index in [1.165, 1.54) is 0 Å². The zero-order chi connectivity index (χ0) is 13.3. The minimum absolute atomic E-state index is 0.190. The number of unbranched alkanes of at least 4 members (excludes halogenated alkanes) is 2. The maximum Gasteiger partial charge on any atom is 0.306 e. The summed E-state index contributed by atoms with van der Waals surface area (Å²) in [5.41, 5.74) is 0. The maximum atomic E-state index is 11.2. The first-order valence-corrected chi connectivity index (χ1v) is 6.76. The largest absolute Gasteiger partial charge is 0.481 e. The fourth-order valence-corrected chi connectivity index (χ4v) is 2.16. The van der Waals surface area contributed by atoms with E-state index < -0.39 is 5.97 Å². The molecule has 0 aliphatic carbocycles. The second kappa shape index (κ2) is 9.20. The Bertz CT molecular complexity index is 212. The standard InChI is InChI=1S/C14H26O3/c1-4-12(11(3)15)9-7-6-8-10-13(5-2)14(16)17/h12-13H,4-10H2,1-3H3,(H,16,17). The van der Waals surface area contributed by atoms with Gasteiger partial charge in [-0.1, -0.05) is 33.1 Å². The SMILES string of the molecule is CCC(CCCCCC(CC)C(=O)O)C(C)=O. The van der Waals surface area contributed by atoms with Crippen molar-refractivity contribution in [3.8, 4) is 0 Å². The number of ketones is 1. The third-order valence-corrected chi connectivity index (χ3v) is 3.51. The van der Waals surface area contributed by atoms with E-state index in [4.69, 9.17) is 5.11 Å². The van der Waals surface area contributed by atoms with Crippen molar-refractivity contribution in [1.29, 1.82) is 0 Å². The first-order chi connectivity index (χ1) is 8.02. The van der Waals surface area contributed by atoms with Crippen molar-refractivity contribution in [2.45, 2.75) is 65.7 Å². The number of hydrogen-bond acceptors (Lipinski definition) is 2. The van der Waals surface area contributed by atoms with Gasteiger partial charge in [-0.25, -0.2) is 0 Å². The van der Waals surface area contributed by atoms with Crippen LogP contribution in [-0.2, 0) is 9.59 Å². The quantitative estimate of drug-likeness (QED) is 0.595. The molecule has 0 rings (SSSR count). The molecule has 0 aromatic carbocycles. The molecule has 0 aliphatic rings. The molecule has 0 saturated heterocycles. The van der Waals surface area contributed by atoms with Crippen molar-refractivity contribution >= 4 is 11.8 Å². The lowest BCUT2D eigenvalue weighted by Crippen LogP contribution is -2.12. The Hall–Kier alpha value is -0.860. The summed E-state index contributed by atoms with van der Waals surface area (Å²) in [5.74, 6) is -0.381. The van der Waals surface area contributed by atoms with E-state index in [1.54, 1.807) is 6.92 Å². The molecule has 17 heavy (non-hydrogen) atoms. The summed E-state index contributed by atoms with van der Waals surface area (Å²) in [6.45, 7) is 5.62. The highest BCUT2D eigenvalue weighted by Crippen LogP contribution is 2.18. The number of carbonyl (C=O) groups excluding carboxylic acids is 1. The summed E-state index contributed by atoms with van der Waals surface area (Å²) in [6.07, 6.45) is 6.38. The Balaban J connectivity index is 3.64. The van der Waals surface area contributed by atoms with Crippen LogP contribution < -0.4 is 0 Å². The molecule has 100 valence electrons. The molecule has 0 radical (unpaired) electrons. The number of aliphatic carboxylic acids is 1. The van der Waals surface area contributed by atoms with Crippen molar-refractivity contribution in [3.63, 3.8) is 0 Å². The van der Waals surface area contributed by atoms with Gasteiger partial charge in [-0.05, 0) is 32.6 Å². The number of Topliss-reactive ketones (excluding diaryl/α,β-unsaturated/α-hetero) is 1. The molecule has 0 aliphatic heterocycles. The van der Waals surface area contributed by atoms with Crippen molar-refractivity contribution in [3.05, 3.63) is 0 Å². The van der Waals surface area contributed by atoms with Crippen LogP contribution in [0, 0.1) is 11.8 Å². The number of carboxylic acid groups (broad SMARTS) is 1. The molecule has 3 heteroatoms. The van der Waals surface area contributed by atoms with Crippen LogP contribution in [0.4, 0.5) is 0 Å². The average Bonchev–Trinajstić information content (AvgIpc) is 2.27. The molecule has 0 heterocycles. The van der Waals surface area contributed by atoms with E-state index in [-0.39, 0.29) is 17.6 Å². The zero-order valence-electron chi connectivity index (χ0n) is 11.4. The topological polar surface area (TPSA) is 54.4 Å². The van der Waals surface area contributed by atoms with E-state index in [9.17, 15) is 9.59 Å². The Morgan fingerprint density at radius 3 is 1.76 bits per heavy atom. The molecule has 0 spiro atoms. The van der Waals surface area contributed by atoms with E-state index in [2.05, 4.69) is 0 Å². The van der Waals surface area contributed by atoms with Gasteiger partial charge < -0.3 is 5.11 Å². The molecule has 0 bridgehead atoms. The van der Waals surface area contributed by atoms with Crippen molar-refractivity contribution in [2.24, 2.45) is 11.8 Å². The summed E-state index contributed by atoms with van der Waals surface area (Å²) in [5, 5.41) is 8.88. The summed E-state index contributed by atoms with van der Waals surface area (Å²) in [6, 6.07) is 0. The Labute approximate surface area is 105 Å². The number of rotatable bonds is 10. The molecular formula is C14H26O3. The highest BCUT2D eigenvalue weighted by molar-refractivity contribution is 5.78. The smallest absolute Gasteiger partial charge is 0.306 e. The van der Waals surface area contributed by atoms with Gasteiger partial charge in [0.2, 0.25) is 0 Å². The second-order valence-electron chi connectivity index (χ2n) is 4.80. The van der Waals surface area contributed by atoms with Crippen LogP contribution in [0.25, 0.3) is 0 Å². The summed E-state index contributed by atoms with van der Waals surface area (Å²) < 4.78 is 0. The molecular weight excluding hydrogens is 216 g/mol. The van der Waals surface area contributed by atoms with E-state index in [0.29, 0.717) is 6.42 Å². The van der Waals surface area contributed by atoms with Gasteiger partial charge in [0.1, 0.15) is 5.78 Å². The van der Waals surface area contributed by atoms with Gasteiger partial charge in [0.05, 0.1) is 5.92 Å². The molecule has 0 amide bonds. The van der Waals surface area contributed by atoms with Gasteiger partial charge in [0.15, 0.2) is 0 Å². The van der Waals surface area contributed by atoms with Crippen LogP contribution in [0.15, 0.2) is 0 Å².